The van der Waals surface area contributed by atoms with Crippen LogP contribution in [0.15, 0.2) is 12.1 Å². The van der Waals surface area contributed by atoms with Crippen molar-refractivity contribution in [3.63, 3.8) is 0 Å². The van der Waals surface area contributed by atoms with Gasteiger partial charge in [0.1, 0.15) is 11.9 Å². The molecule has 1 unspecified atom stereocenters. The molecule has 0 aliphatic heterocycles. The van der Waals surface area contributed by atoms with Crippen molar-refractivity contribution in [1.82, 2.24) is 4.98 Å². The number of nitrogens with zero attached hydrogens (tertiary/aromatic N) is 2. The van der Waals surface area contributed by atoms with Crippen molar-refractivity contribution in [1.29, 1.82) is 5.26 Å². The Hall–Kier alpha value is -1.76. The molecule has 0 amide bonds. The molecule has 1 atom stereocenters. The molecule has 17 heavy (non-hydrogen) atoms. The molecule has 1 aliphatic carbocycles. The number of nitrogens with two attached hydrogens (primary N) is 1. The zero-order chi connectivity index (χ0) is 12.5. The van der Waals surface area contributed by atoms with Crippen molar-refractivity contribution in [3.05, 3.63) is 17.8 Å². The van der Waals surface area contributed by atoms with Gasteiger partial charge in [-0.15, -0.1) is 0 Å². The molecule has 90 valence electrons. The van der Waals surface area contributed by atoms with Gasteiger partial charge in [0.2, 0.25) is 0 Å². The lowest BCUT2D eigenvalue weighted by Crippen LogP contribution is -2.18. The molecular weight excluding hydrogens is 212 g/mol. The Morgan fingerprint density at radius 3 is 2.88 bits per heavy atom. The fraction of sp³-hybridized carbons (Fsp3) is 0.538. The largest absolute Gasteiger partial charge is 0.396 e. The third-order valence-corrected chi connectivity index (χ3v) is 3.35. The van der Waals surface area contributed by atoms with Crippen LogP contribution in [0.3, 0.4) is 0 Å². The lowest BCUT2D eigenvalue weighted by Gasteiger charge is -2.18. The molecule has 1 saturated carbocycles. The van der Waals surface area contributed by atoms with E-state index < -0.39 is 0 Å². The van der Waals surface area contributed by atoms with Crippen LogP contribution in [0.4, 0.5) is 11.5 Å². The van der Waals surface area contributed by atoms with E-state index in [1.165, 1.54) is 6.42 Å². The van der Waals surface area contributed by atoms with Gasteiger partial charge >= 0.3 is 0 Å². The highest BCUT2D eigenvalue weighted by atomic mass is 15.0. The smallest absolute Gasteiger partial charge is 0.165 e. The molecule has 1 aromatic rings. The minimum Gasteiger partial charge on any atom is -0.396 e. The van der Waals surface area contributed by atoms with E-state index >= 15 is 0 Å². The molecule has 0 saturated heterocycles. The summed E-state index contributed by atoms with van der Waals surface area (Å²) in [6.07, 6.45) is 3.52. The molecule has 1 heterocycles. The maximum atomic E-state index is 8.87. The summed E-state index contributed by atoms with van der Waals surface area (Å²) in [7, 11) is 0. The summed E-state index contributed by atoms with van der Waals surface area (Å²) >= 11 is 0. The molecule has 0 radical (unpaired) electrons. The van der Waals surface area contributed by atoms with Crippen molar-refractivity contribution in [2.24, 2.45) is 5.41 Å². The monoisotopic (exact) mass is 230 g/mol. The van der Waals surface area contributed by atoms with E-state index in [1.54, 1.807) is 6.07 Å². The predicted octanol–water partition coefficient (Wildman–Crippen LogP) is 2.53. The minimum absolute atomic E-state index is 0.298. The standard InChI is InChI=1S/C13H18N4/c1-13(2)6-5-9(7-13)16-12-4-3-10(15)11(8-14)17-12/h3-4,9H,5-7,15H2,1-2H3,(H,16,17). The Bertz CT molecular complexity index is 459. The van der Waals surface area contributed by atoms with Crippen LogP contribution < -0.4 is 11.1 Å². The highest BCUT2D eigenvalue weighted by molar-refractivity contribution is 5.54. The molecule has 4 nitrogen and oxygen atoms in total. The van der Waals surface area contributed by atoms with Gasteiger partial charge in [-0.25, -0.2) is 4.98 Å². The van der Waals surface area contributed by atoms with Crippen LogP contribution >= 0.6 is 0 Å². The fourth-order valence-electron chi connectivity index (χ4n) is 2.41. The summed E-state index contributed by atoms with van der Waals surface area (Å²) in [6.45, 7) is 4.57. The van der Waals surface area contributed by atoms with Crippen LogP contribution in [0, 0.1) is 16.7 Å². The van der Waals surface area contributed by atoms with Crippen molar-refractivity contribution >= 4 is 11.5 Å². The maximum absolute atomic E-state index is 8.87. The quantitative estimate of drug-likeness (QED) is 0.818. The molecule has 1 aromatic heterocycles. The topological polar surface area (TPSA) is 74.7 Å². The number of aromatic nitrogens is 1. The third-order valence-electron chi connectivity index (χ3n) is 3.35. The summed E-state index contributed by atoms with van der Waals surface area (Å²) < 4.78 is 0. The molecule has 4 heteroatoms. The maximum Gasteiger partial charge on any atom is 0.165 e. The second kappa shape index (κ2) is 4.25. The van der Waals surface area contributed by atoms with Gasteiger partial charge in [-0.1, -0.05) is 13.8 Å². The van der Waals surface area contributed by atoms with E-state index in [1.807, 2.05) is 12.1 Å². The number of anilines is 2. The van der Waals surface area contributed by atoms with Crippen LogP contribution in [0.25, 0.3) is 0 Å². The number of rotatable bonds is 2. The second-order valence-corrected chi connectivity index (χ2v) is 5.49. The molecule has 0 bridgehead atoms. The Morgan fingerprint density at radius 2 is 2.29 bits per heavy atom. The molecule has 3 N–H and O–H groups in total. The summed E-state index contributed by atoms with van der Waals surface area (Å²) in [5, 5.41) is 12.2. The van der Waals surface area contributed by atoms with Gasteiger partial charge in [0.05, 0.1) is 5.69 Å². The molecule has 0 aromatic carbocycles. The average Bonchev–Trinajstić information content (AvgIpc) is 2.61. The third kappa shape index (κ3) is 2.68. The summed E-state index contributed by atoms with van der Waals surface area (Å²) in [4.78, 5) is 4.20. The first kappa shape index (κ1) is 11.7. The highest BCUT2D eigenvalue weighted by Crippen LogP contribution is 2.38. The van der Waals surface area contributed by atoms with E-state index in [9.17, 15) is 0 Å². The van der Waals surface area contributed by atoms with E-state index in [0.717, 1.165) is 18.7 Å². The van der Waals surface area contributed by atoms with Gasteiger partial charge in [-0.2, -0.15) is 5.26 Å². The minimum atomic E-state index is 0.298. The van der Waals surface area contributed by atoms with E-state index in [0.29, 0.717) is 22.8 Å². The van der Waals surface area contributed by atoms with E-state index in [-0.39, 0.29) is 0 Å². The number of pyridine rings is 1. The molecule has 1 aliphatic rings. The zero-order valence-corrected chi connectivity index (χ0v) is 10.3. The van der Waals surface area contributed by atoms with Crippen LogP contribution in [0.2, 0.25) is 0 Å². The van der Waals surface area contributed by atoms with Crippen LogP contribution in [-0.4, -0.2) is 11.0 Å². The van der Waals surface area contributed by atoms with Crippen molar-refractivity contribution in [2.75, 3.05) is 11.1 Å². The average molecular weight is 230 g/mol. The second-order valence-electron chi connectivity index (χ2n) is 5.49. The van der Waals surface area contributed by atoms with Gasteiger partial charge in [-0.3, -0.25) is 0 Å². The fourth-order valence-corrected chi connectivity index (χ4v) is 2.41. The predicted molar refractivity (Wildman–Crippen MR) is 68.4 cm³/mol. The first-order valence-electron chi connectivity index (χ1n) is 5.93. The Labute approximate surface area is 102 Å². The van der Waals surface area contributed by atoms with Crippen molar-refractivity contribution in [3.8, 4) is 6.07 Å². The number of hydrogen-bond acceptors (Lipinski definition) is 4. The summed E-state index contributed by atoms with van der Waals surface area (Å²) in [6, 6.07) is 6.02. The van der Waals surface area contributed by atoms with Gasteiger partial charge in [0, 0.05) is 6.04 Å². The van der Waals surface area contributed by atoms with Crippen LogP contribution in [-0.2, 0) is 0 Å². The normalized spacial score (nSPS) is 22.1. The molecule has 2 rings (SSSR count). The number of nitrogens with one attached hydrogen (secondary N) is 1. The Morgan fingerprint density at radius 1 is 1.53 bits per heavy atom. The van der Waals surface area contributed by atoms with Gasteiger partial charge in [0.15, 0.2) is 5.69 Å². The van der Waals surface area contributed by atoms with Gasteiger partial charge in [-0.05, 0) is 36.8 Å². The van der Waals surface area contributed by atoms with Crippen LogP contribution in [0.5, 0.6) is 0 Å². The SMILES string of the molecule is CC1(C)CCC(Nc2ccc(N)c(C#N)n2)C1. The molecule has 1 fully saturated rings. The van der Waals surface area contributed by atoms with Crippen molar-refractivity contribution < 1.29 is 0 Å². The van der Waals surface area contributed by atoms with E-state index in [2.05, 4.69) is 24.1 Å². The molecular formula is C13H18N4. The number of hydrogen-bond donors (Lipinski definition) is 2. The lowest BCUT2D eigenvalue weighted by atomic mass is 9.92. The Kier molecular flexibility index (Phi) is 2.93. The summed E-state index contributed by atoms with van der Waals surface area (Å²) in [5.41, 5.74) is 6.78. The van der Waals surface area contributed by atoms with Crippen molar-refractivity contribution in [2.45, 2.75) is 39.2 Å². The zero-order valence-electron chi connectivity index (χ0n) is 10.3. The summed E-state index contributed by atoms with van der Waals surface area (Å²) in [5.74, 6) is 0.749. The number of nitrogen functional groups attached to an aromatic ring is 1. The van der Waals surface area contributed by atoms with E-state index in [4.69, 9.17) is 11.0 Å². The Balaban J connectivity index is 2.08. The van der Waals surface area contributed by atoms with Gasteiger partial charge in [0.25, 0.3) is 0 Å². The highest BCUT2D eigenvalue weighted by Gasteiger charge is 2.30. The lowest BCUT2D eigenvalue weighted by molar-refractivity contribution is 0.378. The first-order chi connectivity index (χ1) is 8.00. The van der Waals surface area contributed by atoms with Gasteiger partial charge < -0.3 is 11.1 Å². The number of nitriles is 1. The molecule has 0 spiro atoms. The first-order valence-corrected chi connectivity index (χ1v) is 5.93. The van der Waals surface area contributed by atoms with Crippen LogP contribution in [0.1, 0.15) is 38.8 Å².